The summed E-state index contributed by atoms with van der Waals surface area (Å²) in [7, 11) is 0. The number of hydrogen-bond donors (Lipinski definition) is 1. The van der Waals surface area contributed by atoms with Crippen LogP contribution in [-0.4, -0.2) is 45.8 Å². The van der Waals surface area contributed by atoms with E-state index in [9.17, 15) is 9.59 Å². The van der Waals surface area contributed by atoms with E-state index in [0.29, 0.717) is 35.5 Å². The SMILES string of the molecule is CCOC(=O)c1c(NC(=O)c2cc(C)n(CC)n2)sc2c1CCN(C(C)C)C2.Cl. The molecule has 0 unspecified atom stereocenters. The molecule has 0 saturated heterocycles. The van der Waals surface area contributed by atoms with E-state index in [0.717, 1.165) is 35.6 Å². The molecule has 160 valence electrons. The lowest BCUT2D eigenvalue weighted by atomic mass is 10.0. The monoisotopic (exact) mass is 440 g/mol. The molecule has 9 heteroatoms. The molecular formula is C20H29ClN4O3S. The summed E-state index contributed by atoms with van der Waals surface area (Å²) in [6.07, 6.45) is 0.775. The van der Waals surface area contributed by atoms with Crippen molar-refractivity contribution in [2.75, 3.05) is 18.5 Å². The largest absolute Gasteiger partial charge is 0.462 e. The summed E-state index contributed by atoms with van der Waals surface area (Å²) in [6.45, 7) is 12.7. The number of ether oxygens (including phenoxy) is 1. The zero-order valence-electron chi connectivity index (χ0n) is 17.6. The molecule has 0 radical (unpaired) electrons. The summed E-state index contributed by atoms with van der Waals surface area (Å²) in [5, 5.41) is 7.81. The van der Waals surface area contributed by atoms with Crippen LogP contribution in [0, 0.1) is 6.92 Å². The second-order valence-electron chi connectivity index (χ2n) is 7.18. The molecule has 0 atom stereocenters. The second-order valence-corrected chi connectivity index (χ2v) is 8.29. The number of thiophene rings is 1. The molecule has 3 rings (SSSR count). The third-order valence-electron chi connectivity index (χ3n) is 5.04. The Morgan fingerprint density at radius 2 is 2.07 bits per heavy atom. The van der Waals surface area contributed by atoms with Gasteiger partial charge in [-0.25, -0.2) is 4.79 Å². The third kappa shape index (κ3) is 4.82. The van der Waals surface area contributed by atoms with Crippen LogP contribution in [-0.2, 0) is 24.2 Å². The Kier molecular flexibility index (Phi) is 7.85. The van der Waals surface area contributed by atoms with Gasteiger partial charge in [0.15, 0.2) is 5.69 Å². The van der Waals surface area contributed by atoms with Crippen LogP contribution in [0.25, 0.3) is 0 Å². The number of nitrogens with one attached hydrogen (secondary N) is 1. The van der Waals surface area contributed by atoms with E-state index in [-0.39, 0.29) is 24.3 Å². The fourth-order valence-electron chi connectivity index (χ4n) is 3.48. The van der Waals surface area contributed by atoms with E-state index in [2.05, 4.69) is 29.2 Å². The predicted molar refractivity (Wildman–Crippen MR) is 117 cm³/mol. The standard InChI is InChI=1S/C20H28N4O3S.ClH/c1-6-24-13(5)10-15(22-24)18(25)21-19-17(20(26)27-7-2)14-8-9-23(12(3)4)11-16(14)28-19;/h10,12H,6-9,11H2,1-5H3,(H,21,25);1H. The van der Waals surface area contributed by atoms with Gasteiger partial charge in [0.2, 0.25) is 0 Å². The molecule has 1 aliphatic rings. The van der Waals surface area contributed by atoms with Gasteiger partial charge in [0.1, 0.15) is 5.00 Å². The minimum absolute atomic E-state index is 0. The number of hydrogen-bond acceptors (Lipinski definition) is 6. The Morgan fingerprint density at radius 1 is 1.34 bits per heavy atom. The first-order chi connectivity index (χ1) is 13.3. The van der Waals surface area contributed by atoms with Gasteiger partial charge in [-0.3, -0.25) is 14.4 Å². The first-order valence-electron chi connectivity index (χ1n) is 9.77. The van der Waals surface area contributed by atoms with Gasteiger partial charge in [0.25, 0.3) is 5.91 Å². The predicted octanol–water partition coefficient (Wildman–Crippen LogP) is 3.89. The highest BCUT2D eigenvalue weighted by Gasteiger charge is 2.30. The highest BCUT2D eigenvalue weighted by atomic mass is 35.5. The number of esters is 1. The van der Waals surface area contributed by atoms with Crippen LogP contribution in [0.1, 0.15) is 64.7 Å². The van der Waals surface area contributed by atoms with Crippen molar-refractivity contribution in [2.45, 2.75) is 60.2 Å². The molecule has 0 aliphatic carbocycles. The number of nitrogens with zero attached hydrogens (tertiary/aromatic N) is 3. The lowest BCUT2D eigenvalue weighted by molar-refractivity contribution is 0.0526. The zero-order chi connectivity index (χ0) is 20.4. The fraction of sp³-hybridized carbons (Fsp3) is 0.550. The van der Waals surface area contributed by atoms with Crippen LogP contribution in [0.5, 0.6) is 0 Å². The summed E-state index contributed by atoms with van der Waals surface area (Å²) in [5.41, 5.74) is 2.79. The lowest BCUT2D eigenvalue weighted by Crippen LogP contribution is -2.35. The van der Waals surface area contributed by atoms with Gasteiger partial charge >= 0.3 is 5.97 Å². The maximum absolute atomic E-state index is 12.8. The Bertz CT molecular complexity index is 891. The average molecular weight is 441 g/mol. The van der Waals surface area contributed by atoms with E-state index in [1.807, 2.05) is 13.8 Å². The van der Waals surface area contributed by atoms with Crippen molar-refractivity contribution in [2.24, 2.45) is 0 Å². The topological polar surface area (TPSA) is 76.5 Å². The van der Waals surface area contributed by atoms with Crippen molar-refractivity contribution in [3.8, 4) is 0 Å². The zero-order valence-corrected chi connectivity index (χ0v) is 19.2. The van der Waals surface area contributed by atoms with Gasteiger partial charge in [0.05, 0.1) is 12.2 Å². The molecule has 3 heterocycles. The van der Waals surface area contributed by atoms with Crippen molar-refractivity contribution >= 4 is 40.6 Å². The molecule has 7 nitrogen and oxygen atoms in total. The van der Waals surface area contributed by atoms with E-state index in [1.54, 1.807) is 17.7 Å². The Labute approximate surface area is 181 Å². The van der Waals surface area contributed by atoms with Crippen LogP contribution in [0.3, 0.4) is 0 Å². The van der Waals surface area contributed by atoms with Crippen molar-refractivity contribution in [3.63, 3.8) is 0 Å². The summed E-state index contributed by atoms with van der Waals surface area (Å²) < 4.78 is 7.06. The minimum atomic E-state index is -0.372. The van der Waals surface area contributed by atoms with E-state index < -0.39 is 0 Å². The molecule has 0 bridgehead atoms. The quantitative estimate of drug-likeness (QED) is 0.689. The van der Waals surface area contributed by atoms with Crippen molar-refractivity contribution in [1.29, 1.82) is 0 Å². The summed E-state index contributed by atoms with van der Waals surface area (Å²) in [6, 6.07) is 2.19. The highest BCUT2D eigenvalue weighted by Crippen LogP contribution is 2.38. The van der Waals surface area contributed by atoms with Crippen LogP contribution in [0.4, 0.5) is 5.00 Å². The number of halogens is 1. The smallest absolute Gasteiger partial charge is 0.341 e. The number of rotatable bonds is 6. The molecular weight excluding hydrogens is 412 g/mol. The lowest BCUT2D eigenvalue weighted by Gasteiger charge is -2.30. The van der Waals surface area contributed by atoms with E-state index >= 15 is 0 Å². The summed E-state index contributed by atoms with van der Waals surface area (Å²) in [5.74, 6) is -0.677. The number of amides is 1. The Hall–Kier alpha value is -1.90. The van der Waals surface area contributed by atoms with Crippen LogP contribution < -0.4 is 5.32 Å². The molecule has 0 fully saturated rings. The maximum atomic E-state index is 12.8. The normalized spacial score (nSPS) is 13.7. The van der Waals surface area contributed by atoms with Crippen molar-refractivity contribution in [1.82, 2.24) is 14.7 Å². The molecule has 1 N–H and O–H groups in total. The van der Waals surface area contributed by atoms with Crippen LogP contribution >= 0.6 is 23.7 Å². The van der Waals surface area contributed by atoms with Gasteiger partial charge in [-0.2, -0.15) is 5.10 Å². The number of anilines is 1. The molecule has 1 aliphatic heterocycles. The third-order valence-corrected chi connectivity index (χ3v) is 6.17. The van der Waals surface area contributed by atoms with E-state index in [1.165, 1.54) is 11.3 Å². The molecule has 0 spiro atoms. The molecule has 1 amide bonds. The number of fused-ring (bicyclic) bond motifs is 1. The van der Waals surface area contributed by atoms with Gasteiger partial charge in [-0.15, -0.1) is 23.7 Å². The molecule has 2 aromatic heterocycles. The summed E-state index contributed by atoms with van der Waals surface area (Å²) >= 11 is 1.47. The van der Waals surface area contributed by atoms with Gasteiger partial charge in [-0.05, 0) is 52.7 Å². The molecule has 0 saturated carbocycles. The average Bonchev–Trinajstić information content (AvgIpc) is 3.20. The summed E-state index contributed by atoms with van der Waals surface area (Å²) in [4.78, 5) is 28.9. The van der Waals surface area contributed by atoms with E-state index in [4.69, 9.17) is 4.74 Å². The Morgan fingerprint density at radius 3 is 2.66 bits per heavy atom. The maximum Gasteiger partial charge on any atom is 0.341 e. The van der Waals surface area contributed by atoms with Crippen molar-refractivity contribution in [3.05, 3.63) is 33.5 Å². The van der Waals surface area contributed by atoms with Crippen molar-refractivity contribution < 1.29 is 14.3 Å². The van der Waals surface area contributed by atoms with Crippen LogP contribution in [0.15, 0.2) is 6.07 Å². The number of aryl methyl sites for hydroxylation is 2. The fourth-order valence-corrected chi connectivity index (χ4v) is 4.74. The first kappa shape index (κ1) is 23.4. The minimum Gasteiger partial charge on any atom is -0.462 e. The Balaban J connectivity index is 0.00000300. The van der Waals surface area contributed by atoms with Crippen LogP contribution in [0.2, 0.25) is 0 Å². The number of aromatic nitrogens is 2. The number of carbonyl (C=O) groups is 2. The molecule has 0 aromatic carbocycles. The number of carbonyl (C=O) groups excluding carboxylic acids is 2. The van der Waals surface area contributed by atoms with Gasteiger partial charge < -0.3 is 10.1 Å². The second kappa shape index (κ2) is 9.73. The molecule has 2 aromatic rings. The van der Waals surface area contributed by atoms with Gasteiger partial charge in [-0.1, -0.05) is 0 Å². The molecule has 29 heavy (non-hydrogen) atoms. The first-order valence-corrected chi connectivity index (χ1v) is 10.6. The van der Waals surface area contributed by atoms with Gasteiger partial charge in [0, 0.05) is 36.2 Å². The highest BCUT2D eigenvalue weighted by molar-refractivity contribution is 7.17.